The van der Waals surface area contributed by atoms with Crippen molar-refractivity contribution >= 4 is 16.7 Å². The van der Waals surface area contributed by atoms with Crippen molar-refractivity contribution < 1.29 is 9.18 Å². The lowest BCUT2D eigenvalue weighted by molar-refractivity contribution is 0.103. The molecule has 20 heavy (non-hydrogen) atoms. The van der Waals surface area contributed by atoms with Gasteiger partial charge in [0.05, 0.1) is 28.4 Å². The van der Waals surface area contributed by atoms with Crippen LogP contribution >= 0.6 is 0 Å². The SMILES string of the molecule is O=C1c2ccncc2-n2c1nc1ccc(F)cc1c2=O. The maximum absolute atomic E-state index is 13.3. The van der Waals surface area contributed by atoms with E-state index in [0.717, 1.165) is 6.07 Å². The van der Waals surface area contributed by atoms with Crippen molar-refractivity contribution in [3.8, 4) is 5.69 Å². The number of rotatable bonds is 0. The van der Waals surface area contributed by atoms with Gasteiger partial charge >= 0.3 is 0 Å². The lowest BCUT2D eigenvalue weighted by Crippen LogP contribution is -2.21. The molecule has 1 aliphatic heterocycles. The third-order valence-corrected chi connectivity index (χ3v) is 3.32. The Labute approximate surface area is 111 Å². The van der Waals surface area contributed by atoms with Crippen molar-refractivity contribution in [3.63, 3.8) is 0 Å². The van der Waals surface area contributed by atoms with E-state index in [9.17, 15) is 14.0 Å². The highest BCUT2D eigenvalue weighted by molar-refractivity contribution is 6.13. The fourth-order valence-corrected chi connectivity index (χ4v) is 2.41. The summed E-state index contributed by atoms with van der Waals surface area (Å²) >= 11 is 0. The van der Waals surface area contributed by atoms with Crippen molar-refractivity contribution in [1.29, 1.82) is 0 Å². The van der Waals surface area contributed by atoms with Gasteiger partial charge in [-0.05, 0) is 24.3 Å². The van der Waals surface area contributed by atoms with Crippen molar-refractivity contribution in [2.45, 2.75) is 0 Å². The monoisotopic (exact) mass is 267 g/mol. The second-order valence-electron chi connectivity index (χ2n) is 4.46. The van der Waals surface area contributed by atoms with E-state index < -0.39 is 11.4 Å². The molecule has 0 fully saturated rings. The highest BCUT2D eigenvalue weighted by Crippen LogP contribution is 2.25. The largest absolute Gasteiger partial charge is 0.285 e. The molecule has 3 aromatic rings. The summed E-state index contributed by atoms with van der Waals surface area (Å²) in [7, 11) is 0. The molecular formula is C14H6FN3O2. The molecule has 3 heterocycles. The Morgan fingerprint density at radius 1 is 1.15 bits per heavy atom. The van der Waals surface area contributed by atoms with Crippen molar-refractivity contribution in [1.82, 2.24) is 14.5 Å². The molecule has 2 aromatic heterocycles. The van der Waals surface area contributed by atoms with Gasteiger partial charge in [-0.2, -0.15) is 0 Å². The lowest BCUT2D eigenvalue weighted by atomic mass is 10.2. The Kier molecular flexibility index (Phi) is 1.96. The second kappa shape index (κ2) is 3.57. The van der Waals surface area contributed by atoms with Gasteiger partial charge < -0.3 is 0 Å². The molecule has 1 aliphatic rings. The molecule has 0 atom stereocenters. The average Bonchev–Trinajstić information content (AvgIpc) is 2.74. The molecule has 0 N–H and O–H groups in total. The average molecular weight is 267 g/mol. The lowest BCUT2D eigenvalue weighted by Gasteiger charge is -2.04. The second-order valence-corrected chi connectivity index (χ2v) is 4.46. The highest BCUT2D eigenvalue weighted by atomic mass is 19.1. The number of fused-ring (bicyclic) bond motifs is 4. The zero-order valence-corrected chi connectivity index (χ0v) is 10.0. The first kappa shape index (κ1) is 11.0. The summed E-state index contributed by atoms with van der Waals surface area (Å²) in [5.41, 5.74) is 0.595. The maximum atomic E-state index is 13.3. The van der Waals surface area contributed by atoms with Gasteiger partial charge in [0.1, 0.15) is 5.82 Å². The van der Waals surface area contributed by atoms with Crippen molar-refractivity contribution in [3.05, 3.63) is 64.2 Å². The van der Waals surface area contributed by atoms with Crippen LogP contribution < -0.4 is 5.56 Å². The molecule has 5 nitrogen and oxygen atoms in total. The summed E-state index contributed by atoms with van der Waals surface area (Å²) < 4.78 is 14.5. The summed E-state index contributed by atoms with van der Waals surface area (Å²) in [6.45, 7) is 0. The molecule has 0 saturated heterocycles. The minimum atomic E-state index is -0.521. The van der Waals surface area contributed by atoms with Crippen LogP contribution in [-0.4, -0.2) is 20.3 Å². The van der Waals surface area contributed by atoms with Crippen LogP contribution in [0.15, 0.2) is 41.5 Å². The predicted octanol–water partition coefficient (Wildman–Crippen LogP) is 1.46. The number of hydrogen-bond donors (Lipinski definition) is 0. The van der Waals surface area contributed by atoms with Crippen LogP contribution in [0.2, 0.25) is 0 Å². The molecule has 0 amide bonds. The number of pyridine rings is 1. The van der Waals surface area contributed by atoms with Crippen LogP contribution in [-0.2, 0) is 0 Å². The molecule has 0 spiro atoms. The van der Waals surface area contributed by atoms with E-state index in [-0.39, 0.29) is 17.0 Å². The first-order chi connectivity index (χ1) is 9.66. The Morgan fingerprint density at radius 3 is 2.85 bits per heavy atom. The summed E-state index contributed by atoms with van der Waals surface area (Å²) in [6.07, 6.45) is 2.91. The van der Waals surface area contributed by atoms with Gasteiger partial charge in [0.15, 0.2) is 5.82 Å². The maximum Gasteiger partial charge on any atom is 0.266 e. The number of aromatic nitrogens is 3. The van der Waals surface area contributed by atoms with Gasteiger partial charge in [-0.15, -0.1) is 0 Å². The molecule has 4 rings (SSSR count). The summed E-state index contributed by atoms with van der Waals surface area (Å²) in [5.74, 6) is -0.810. The fourth-order valence-electron chi connectivity index (χ4n) is 2.41. The molecular weight excluding hydrogens is 261 g/mol. The van der Waals surface area contributed by atoms with Crippen LogP contribution in [0.3, 0.4) is 0 Å². The third kappa shape index (κ3) is 1.25. The van der Waals surface area contributed by atoms with Crippen LogP contribution in [0, 0.1) is 5.82 Å². The minimum absolute atomic E-state index is 0.0390. The van der Waals surface area contributed by atoms with Gasteiger partial charge in [0, 0.05) is 6.20 Å². The molecule has 1 aromatic carbocycles. The molecule has 6 heteroatoms. The zero-order valence-electron chi connectivity index (χ0n) is 10.0. The number of benzene rings is 1. The first-order valence-corrected chi connectivity index (χ1v) is 5.88. The van der Waals surface area contributed by atoms with E-state index in [4.69, 9.17) is 0 Å². The smallest absolute Gasteiger partial charge is 0.266 e. The van der Waals surface area contributed by atoms with E-state index in [1.165, 1.54) is 35.2 Å². The molecule has 96 valence electrons. The van der Waals surface area contributed by atoms with E-state index in [1.54, 1.807) is 0 Å². The first-order valence-electron chi connectivity index (χ1n) is 5.88. The quantitative estimate of drug-likeness (QED) is 0.484. The molecule has 0 radical (unpaired) electrons. The molecule has 0 unspecified atom stereocenters. The van der Waals surface area contributed by atoms with Gasteiger partial charge in [-0.1, -0.05) is 0 Å². The van der Waals surface area contributed by atoms with Crippen molar-refractivity contribution in [2.75, 3.05) is 0 Å². The van der Waals surface area contributed by atoms with Crippen molar-refractivity contribution in [2.24, 2.45) is 0 Å². The number of halogens is 1. The summed E-state index contributed by atoms with van der Waals surface area (Å²) in [4.78, 5) is 32.8. The van der Waals surface area contributed by atoms with Gasteiger partial charge in [0.2, 0.25) is 5.78 Å². The van der Waals surface area contributed by atoms with E-state index in [0.29, 0.717) is 16.8 Å². The van der Waals surface area contributed by atoms with Crippen LogP contribution in [0.4, 0.5) is 4.39 Å². The normalized spacial score (nSPS) is 12.6. The molecule has 0 aliphatic carbocycles. The van der Waals surface area contributed by atoms with Gasteiger partial charge in [-0.25, -0.2) is 9.37 Å². The standard InChI is InChI=1S/C14H6FN3O2/c15-7-1-2-10-9(5-7)14(20)18-11-6-16-4-3-8(11)12(19)13(18)17-10/h1-6H. The number of ketones is 1. The van der Waals surface area contributed by atoms with Crippen LogP contribution in [0.1, 0.15) is 16.2 Å². The minimum Gasteiger partial charge on any atom is -0.285 e. The van der Waals surface area contributed by atoms with E-state index in [1.807, 2.05) is 0 Å². The van der Waals surface area contributed by atoms with E-state index in [2.05, 4.69) is 9.97 Å². The van der Waals surface area contributed by atoms with Gasteiger partial charge in [0.25, 0.3) is 5.56 Å². The Morgan fingerprint density at radius 2 is 2.00 bits per heavy atom. The Hall–Kier alpha value is -2.89. The predicted molar refractivity (Wildman–Crippen MR) is 68.5 cm³/mol. The van der Waals surface area contributed by atoms with E-state index >= 15 is 0 Å². The van der Waals surface area contributed by atoms with Crippen LogP contribution in [0.5, 0.6) is 0 Å². The molecule has 0 bridgehead atoms. The highest BCUT2D eigenvalue weighted by Gasteiger charge is 2.30. The number of nitrogens with zero attached hydrogens (tertiary/aromatic N) is 3. The third-order valence-electron chi connectivity index (χ3n) is 3.32. The molecule has 0 saturated carbocycles. The summed E-state index contributed by atoms with van der Waals surface area (Å²) in [6, 6.07) is 5.26. The Bertz CT molecular complexity index is 962. The Balaban J connectivity index is 2.21. The number of carbonyl (C=O) groups excluding carboxylic acids is 1. The fraction of sp³-hybridized carbons (Fsp3) is 0. The number of carbonyl (C=O) groups is 1. The van der Waals surface area contributed by atoms with Gasteiger partial charge in [-0.3, -0.25) is 19.1 Å². The summed E-state index contributed by atoms with van der Waals surface area (Å²) in [5, 5.41) is 0.137. The zero-order chi connectivity index (χ0) is 13.9. The van der Waals surface area contributed by atoms with Crippen LogP contribution in [0.25, 0.3) is 16.6 Å². The number of hydrogen-bond acceptors (Lipinski definition) is 4. The topological polar surface area (TPSA) is 64.8 Å².